The fraction of sp³-hybridized carbons (Fsp3) is 0.350. The Morgan fingerprint density at radius 1 is 0.962 bits per heavy atom. The first-order valence-corrected chi connectivity index (χ1v) is 8.71. The minimum atomic E-state index is -0.543. The highest BCUT2D eigenvalue weighted by Gasteiger charge is 2.48. The molecule has 1 heterocycles. The number of carbonyl (C=O) groups excluding carboxylic acids is 1. The maximum absolute atomic E-state index is 12.3. The van der Waals surface area contributed by atoms with Gasteiger partial charge in [-0.05, 0) is 17.7 Å². The molecule has 0 radical (unpaired) electrons. The van der Waals surface area contributed by atoms with Crippen LogP contribution in [0, 0.1) is 0 Å². The molecule has 1 amide bonds. The van der Waals surface area contributed by atoms with E-state index >= 15 is 0 Å². The Kier molecular flexibility index (Phi) is 6.60. The standard InChI is InChI=1S/C20H24N2O4/c21-11-12-22-18(14-25-15-24-13-16-7-3-1-4-8-16)19(20(22)23)26-17-9-5-2-6-10-17/h1-10,18-19H,11-15,21H2/t18-,19+/m0/s1. The molecule has 6 nitrogen and oxygen atoms in total. The normalized spacial score (nSPS) is 19.3. The Hall–Kier alpha value is -2.41. The second-order valence-corrected chi connectivity index (χ2v) is 6.06. The van der Waals surface area contributed by atoms with Crippen LogP contribution in [0.2, 0.25) is 0 Å². The molecule has 1 aliphatic heterocycles. The van der Waals surface area contributed by atoms with E-state index < -0.39 is 6.10 Å². The summed E-state index contributed by atoms with van der Waals surface area (Å²) in [6.45, 7) is 1.89. The van der Waals surface area contributed by atoms with Crippen LogP contribution in [0.3, 0.4) is 0 Å². The zero-order chi connectivity index (χ0) is 18.2. The number of rotatable bonds is 10. The van der Waals surface area contributed by atoms with Gasteiger partial charge in [0.15, 0.2) is 6.10 Å². The molecule has 0 bridgehead atoms. The number of amides is 1. The first-order chi connectivity index (χ1) is 12.8. The van der Waals surface area contributed by atoms with E-state index in [1.54, 1.807) is 4.90 Å². The number of likely N-dealkylation sites (tertiary alicyclic amines) is 1. The highest BCUT2D eigenvalue weighted by atomic mass is 16.7. The summed E-state index contributed by atoms with van der Waals surface area (Å²) in [5.74, 6) is 0.613. The molecule has 1 saturated heterocycles. The van der Waals surface area contributed by atoms with Crippen LogP contribution in [0.15, 0.2) is 60.7 Å². The summed E-state index contributed by atoms with van der Waals surface area (Å²) in [6.07, 6.45) is -0.543. The van der Waals surface area contributed by atoms with Gasteiger partial charge in [-0.1, -0.05) is 48.5 Å². The van der Waals surface area contributed by atoms with Gasteiger partial charge in [0.1, 0.15) is 18.6 Å². The van der Waals surface area contributed by atoms with Crippen LogP contribution < -0.4 is 10.5 Å². The number of hydrogen-bond acceptors (Lipinski definition) is 5. The van der Waals surface area contributed by atoms with Gasteiger partial charge in [0.2, 0.25) is 0 Å². The molecule has 0 unspecified atom stereocenters. The molecule has 0 saturated carbocycles. The fourth-order valence-electron chi connectivity index (χ4n) is 2.90. The van der Waals surface area contributed by atoms with E-state index in [4.69, 9.17) is 19.9 Å². The second-order valence-electron chi connectivity index (χ2n) is 6.06. The lowest BCUT2D eigenvalue weighted by atomic mass is 9.98. The van der Waals surface area contributed by atoms with Crippen LogP contribution in [0.1, 0.15) is 5.56 Å². The van der Waals surface area contributed by atoms with Crippen molar-refractivity contribution in [3.63, 3.8) is 0 Å². The highest BCUT2D eigenvalue weighted by molar-refractivity contribution is 5.88. The maximum atomic E-state index is 12.3. The summed E-state index contributed by atoms with van der Waals surface area (Å²) >= 11 is 0. The number of nitrogens with two attached hydrogens (primary N) is 1. The van der Waals surface area contributed by atoms with Crippen LogP contribution in [0.4, 0.5) is 0 Å². The molecule has 2 aromatic carbocycles. The van der Waals surface area contributed by atoms with Crippen molar-refractivity contribution in [2.24, 2.45) is 5.73 Å². The van der Waals surface area contributed by atoms with Gasteiger partial charge in [-0.25, -0.2) is 0 Å². The van der Waals surface area contributed by atoms with Crippen LogP contribution >= 0.6 is 0 Å². The van der Waals surface area contributed by atoms with Gasteiger partial charge in [-0.2, -0.15) is 0 Å². The Balaban J connectivity index is 1.47. The van der Waals surface area contributed by atoms with Gasteiger partial charge in [-0.15, -0.1) is 0 Å². The summed E-state index contributed by atoms with van der Waals surface area (Å²) in [7, 11) is 0. The number of hydrogen-bond donors (Lipinski definition) is 1. The lowest BCUT2D eigenvalue weighted by molar-refractivity contribution is -0.172. The number of nitrogens with zero attached hydrogens (tertiary/aromatic N) is 1. The van der Waals surface area contributed by atoms with Crippen molar-refractivity contribution in [2.45, 2.75) is 18.8 Å². The maximum Gasteiger partial charge on any atom is 0.266 e. The van der Waals surface area contributed by atoms with E-state index in [2.05, 4.69) is 0 Å². The molecule has 6 heteroatoms. The highest BCUT2D eigenvalue weighted by Crippen LogP contribution is 2.25. The van der Waals surface area contributed by atoms with E-state index in [-0.39, 0.29) is 18.7 Å². The average molecular weight is 356 g/mol. The van der Waals surface area contributed by atoms with E-state index in [1.165, 1.54) is 0 Å². The van der Waals surface area contributed by atoms with E-state index in [0.717, 1.165) is 5.56 Å². The average Bonchev–Trinajstić information content (AvgIpc) is 2.69. The lowest BCUT2D eigenvalue weighted by Gasteiger charge is -2.46. The molecule has 0 spiro atoms. The van der Waals surface area contributed by atoms with Crippen molar-refractivity contribution in [3.8, 4) is 5.75 Å². The number of ether oxygens (including phenoxy) is 3. The van der Waals surface area contributed by atoms with E-state index in [1.807, 2.05) is 60.7 Å². The van der Waals surface area contributed by atoms with Crippen molar-refractivity contribution in [2.75, 3.05) is 26.5 Å². The number of benzene rings is 2. The molecule has 3 rings (SSSR count). The number of carbonyl (C=O) groups is 1. The van der Waals surface area contributed by atoms with Gasteiger partial charge in [0.05, 0.1) is 13.2 Å². The SMILES string of the molecule is NCCN1C(=O)[C@H](Oc2ccccc2)[C@@H]1COCOCc1ccccc1. The van der Waals surface area contributed by atoms with Crippen molar-refractivity contribution >= 4 is 5.91 Å². The predicted molar refractivity (Wildman–Crippen MR) is 97.5 cm³/mol. The summed E-state index contributed by atoms with van der Waals surface area (Å²) < 4.78 is 17.0. The van der Waals surface area contributed by atoms with Gasteiger partial charge in [0.25, 0.3) is 5.91 Å². The third kappa shape index (κ3) is 4.60. The Morgan fingerprint density at radius 3 is 2.35 bits per heavy atom. The number of β-lactam (4-membered cyclic amide) rings is 1. The quantitative estimate of drug-likeness (QED) is 0.399. The summed E-state index contributed by atoms with van der Waals surface area (Å²) in [5.41, 5.74) is 6.69. The third-order valence-corrected chi connectivity index (χ3v) is 4.22. The summed E-state index contributed by atoms with van der Waals surface area (Å²) in [6, 6.07) is 19.1. The first kappa shape index (κ1) is 18.4. The Labute approximate surface area is 153 Å². The molecule has 1 fully saturated rings. The molecular formula is C20H24N2O4. The molecule has 26 heavy (non-hydrogen) atoms. The Morgan fingerprint density at radius 2 is 1.65 bits per heavy atom. The van der Waals surface area contributed by atoms with Crippen LogP contribution in [0.25, 0.3) is 0 Å². The van der Waals surface area contributed by atoms with Crippen molar-refractivity contribution in [3.05, 3.63) is 66.2 Å². The molecule has 2 N–H and O–H groups in total. The summed E-state index contributed by atoms with van der Waals surface area (Å²) in [5, 5.41) is 0. The predicted octanol–water partition coefficient (Wildman–Crippen LogP) is 1.79. The Bertz CT molecular complexity index is 681. The fourth-order valence-corrected chi connectivity index (χ4v) is 2.90. The second kappa shape index (κ2) is 9.33. The van der Waals surface area contributed by atoms with E-state index in [9.17, 15) is 4.79 Å². The molecule has 1 aliphatic rings. The van der Waals surface area contributed by atoms with Gasteiger partial charge < -0.3 is 24.8 Å². The van der Waals surface area contributed by atoms with Gasteiger partial charge in [-0.3, -0.25) is 4.79 Å². The number of para-hydroxylation sites is 1. The van der Waals surface area contributed by atoms with Gasteiger partial charge in [0, 0.05) is 13.1 Å². The third-order valence-electron chi connectivity index (χ3n) is 4.22. The van der Waals surface area contributed by atoms with E-state index in [0.29, 0.717) is 32.1 Å². The largest absolute Gasteiger partial charge is 0.478 e. The van der Waals surface area contributed by atoms with Crippen LogP contribution in [-0.2, 0) is 20.9 Å². The van der Waals surface area contributed by atoms with Crippen molar-refractivity contribution in [1.82, 2.24) is 4.90 Å². The zero-order valence-electron chi connectivity index (χ0n) is 14.6. The molecule has 0 aromatic heterocycles. The topological polar surface area (TPSA) is 74.0 Å². The van der Waals surface area contributed by atoms with Crippen LogP contribution in [-0.4, -0.2) is 49.4 Å². The minimum absolute atomic E-state index is 0.0573. The van der Waals surface area contributed by atoms with Crippen molar-refractivity contribution < 1.29 is 19.0 Å². The zero-order valence-corrected chi connectivity index (χ0v) is 14.6. The molecule has 138 valence electrons. The molecule has 2 aromatic rings. The molecule has 0 aliphatic carbocycles. The lowest BCUT2D eigenvalue weighted by Crippen LogP contribution is -2.69. The molecular weight excluding hydrogens is 332 g/mol. The minimum Gasteiger partial charge on any atom is -0.478 e. The molecule has 2 atom stereocenters. The smallest absolute Gasteiger partial charge is 0.266 e. The van der Waals surface area contributed by atoms with Gasteiger partial charge >= 0.3 is 0 Å². The monoisotopic (exact) mass is 356 g/mol. The summed E-state index contributed by atoms with van der Waals surface area (Å²) in [4.78, 5) is 14.0. The van der Waals surface area contributed by atoms with Crippen LogP contribution in [0.5, 0.6) is 5.75 Å². The van der Waals surface area contributed by atoms with Crippen molar-refractivity contribution in [1.29, 1.82) is 0 Å². The first-order valence-electron chi connectivity index (χ1n) is 8.71.